The number of hydrogen-bond donors (Lipinski definition) is 5. The average molecular weight is 517 g/mol. The topological polar surface area (TPSA) is 148 Å². The Labute approximate surface area is 220 Å². The Bertz CT molecular complexity index is 896. The van der Waals surface area contributed by atoms with E-state index in [2.05, 4.69) is 57.0 Å². The molecule has 0 atom stereocenters. The smallest absolute Gasteiger partial charge is 0.251 e. The molecule has 0 saturated carbocycles. The van der Waals surface area contributed by atoms with Crippen molar-refractivity contribution in [3.63, 3.8) is 0 Å². The Kier molecular flexibility index (Phi) is 14.9. The van der Waals surface area contributed by atoms with Crippen LogP contribution in [0.15, 0.2) is 24.3 Å². The van der Waals surface area contributed by atoms with Gasteiger partial charge in [0.2, 0.25) is 17.8 Å². The van der Waals surface area contributed by atoms with E-state index in [1.165, 1.54) is 0 Å². The van der Waals surface area contributed by atoms with E-state index in [1.54, 1.807) is 12.1 Å². The van der Waals surface area contributed by atoms with Crippen LogP contribution in [0.25, 0.3) is 0 Å². The van der Waals surface area contributed by atoms with Crippen LogP contribution in [-0.4, -0.2) is 73.5 Å². The first-order chi connectivity index (χ1) is 18.0. The lowest BCUT2D eigenvalue weighted by molar-refractivity contribution is 0.0511. The molecular weight excluding hydrogens is 472 g/mol. The molecule has 2 rings (SSSR count). The number of carbonyl (C=O) groups is 1. The fourth-order valence-corrected chi connectivity index (χ4v) is 3.16. The summed E-state index contributed by atoms with van der Waals surface area (Å²) in [5, 5.41) is 12.7. The molecule has 1 amide bonds. The Morgan fingerprint density at radius 1 is 0.865 bits per heavy atom. The highest BCUT2D eigenvalue weighted by Gasteiger charge is 2.08. The van der Waals surface area contributed by atoms with E-state index < -0.39 is 0 Å². The molecular formula is C26H44N8O3. The maximum atomic E-state index is 12.4. The molecule has 6 N–H and O–H groups in total. The van der Waals surface area contributed by atoms with Gasteiger partial charge in [0.25, 0.3) is 5.91 Å². The first kappa shape index (κ1) is 30.2. The van der Waals surface area contributed by atoms with Crippen molar-refractivity contribution < 1.29 is 14.3 Å². The average Bonchev–Trinajstić information content (AvgIpc) is 2.89. The lowest BCUT2D eigenvalue weighted by atomic mass is 10.1. The standard InChI is InChI=1S/C26H44N8O3/c1-4-5-12-29-24-32-25(30-13-10-20(2)3)34-26(33-24)31-19-21-6-8-22(9-7-21)23(35)28-14-16-37-18-17-36-15-11-27/h6-9,20H,4-5,10-19,27H2,1-3H3,(H,28,35)(H3,29,30,31,32,33,34). The molecule has 2 aromatic rings. The third kappa shape index (κ3) is 13.2. The van der Waals surface area contributed by atoms with Gasteiger partial charge in [-0.2, -0.15) is 15.0 Å². The van der Waals surface area contributed by atoms with Gasteiger partial charge >= 0.3 is 0 Å². The van der Waals surface area contributed by atoms with Gasteiger partial charge < -0.3 is 36.5 Å². The number of rotatable bonds is 20. The zero-order chi connectivity index (χ0) is 26.7. The molecule has 0 bridgehead atoms. The van der Waals surface area contributed by atoms with Crippen molar-refractivity contribution in [2.24, 2.45) is 11.7 Å². The van der Waals surface area contributed by atoms with Crippen molar-refractivity contribution in [2.75, 3.05) is 68.6 Å². The summed E-state index contributed by atoms with van der Waals surface area (Å²) in [5.74, 6) is 2.06. The van der Waals surface area contributed by atoms with Gasteiger partial charge in [0, 0.05) is 38.3 Å². The summed E-state index contributed by atoms with van der Waals surface area (Å²) >= 11 is 0. The Morgan fingerprint density at radius 2 is 1.49 bits per heavy atom. The monoisotopic (exact) mass is 516 g/mol. The van der Waals surface area contributed by atoms with E-state index >= 15 is 0 Å². The van der Waals surface area contributed by atoms with Gasteiger partial charge in [0.1, 0.15) is 0 Å². The number of nitrogens with zero attached hydrogens (tertiary/aromatic N) is 3. The van der Waals surface area contributed by atoms with Gasteiger partial charge in [0.15, 0.2) is 0 Å². The lowest BCUT2D eigenvalue weighted by Crippen LogP contribution is -2.27. The van der Waals surface area contributed by atoms with Gasteiger partial charge in [0.05, 0.1) is 26.4 Å². The van der Waals surface area contributed by atoms with Crippen LogP contribution in [0.2, 0.25) is 0 Å². The molecule has 0 aliphatic heterocycles. The lowest BCUT2D eigenvalue weighted by Gasteiger charge is -2.12. The number of nitrogens with one attached hydrogen (secondary N) is 4. The van der Waals surface area contributed by atoms with E-state index in [4.69, 9.17) is 15.2 Å². The second-order valence-corrected chi connectivity index (χ2v) is 9.02. The molecule has 11 heteroatoms. The van der Waals surface area contributed by atoms with Crippen LogP contribution in [0.3, 0.4) is 0 Å². The van der Waals surface area contributed by atoms with Crippen molar-refractivity contribution in [2.45, 2.75) is 46.6 Å². The number of hydrogen-bond acceptors (Lipinski definition) is 10. The molecule has 206 valence electrons. The summed E-state index contributed by atoms with van der Waals surface area (Å²) < 4.78 is 10.7. The van der Waals surface area contributed by atoms with Crippen LogP contribution in [0.5, 0.6) is 0 Å². The van der Waals surface area contributed by atoms with E-state index in [9.17, 15) is 4.79 Å². The number of nitrogens with two attached hydrogens (primary N) is 1. The minimum absolute atomic E-state index is 0.139. The minimum Gasteiger partial charge on any atom is -0.378 e. The largest absolute Gasteiger partial charge is 0.378 e. The second-order valence-electron chi connectivity index (χ2n) is 9.02. The van der Waals surface area contributed by atoms with Gasteiger partial charge in [-0.1, -0.05) is 39.3 Å². The first-order valence-electron chi connectivity index (χ1n) is 13.2. The van der Waals surface area contributed by atoms with E-state index in [0.717, 1.165) is 37.9 Å². The summed E-state index contributed by atoms with van der Waals surface area (Å²) in [6, 6.07) is 7.43. The molecule has 1 aromatic heterocycles. The van der Waals surface area contributed by atoms with Crippen molar-refractivity contribution >= 4 is 23.8 Å². The maximum absolute atomic E-state index is 12.4. The molecule has 0 radical (unpaired) electrons. The number of carbonyl (C=O) groups excluding carboxylic acids is 1. The van der Waals surface area contributed by atoms with Crippen LogP contribution in [0.4, 0.5) is 17.8 Å². The quantitative estimate of drug-likeness (QED) is 0.166. The van der Waals surface area contributed by atoms with Gasteiger partial charge in [-0.3, -0.25) is 4.79 Å². The van der Waals surface area contributed by atoms with E-state index in [1.807, 2.05) is 12.1 Å². The van der Waals surface area contributed by atoms with Crippen LogP contribution in [0.1, 0.15) is 56.0 Å². The van der Waals surface area contributed by atoms with E-state index in [-0.39, 0.29) is 5.91 Å². The van der Waals surface area contributed by atoms with Crippen molar-refractivity contribution in [3.05, 3.63) is 35.4 Å². The number of anilines is 3. The van der Waals surface area contributed by atoms with Crippen molar-refractivity contribution in [1.29, 1.82) is 0 Å². The summed E-state index contributed by atoms with van der Waals surface area (Å²) in [7, 11) is 0. The third-order valence-electron chi connectivity index (χ3n) is 5.29. The Hall–Kier alpha value is -3.02. The van der Waals surface area contributed by atoms with Crippen molar-refractivity contribution in [3.8, 4) is 0 Å². The van der Waals surface area contributed by atoms with Gasteiger partial charge in [-0.25, -0.2) is 0 Å². The number of amides is 1. The fraction of sp³-hybridized carbons (Fsp3) is 0.615. The summed E-state index contributed by atoms with van der Waals surface area (Å²) in [4.78, 5) is 25.9. The molecule has 0 fully saturated rings. The molecule has 0 aliphatic carbocycles. The summed E-state index contributed by atoms with van der Waals surface area (Å²) in [6.07, 6.45) is 3.17. The maximum Gasteiger partial charge on any atom is 0.251 e. The SMILES string of the molecule is CCCCNc1nc(NCCC(C)C)nc(NCc2ccc(C(=O)NCCOCCOCCN)cc2)n1. The van der Waals surface area contributed by atoms with Crippen LogP contribution >= 0.6 is 0 Å². The van der Waals surface area contributed by atoms with Crippen LogP contribution in [0, 0.1) is 5.92 Å². The third-order valence-corrected chi connectivity index (χ3v) is 5.29. The molecule has 1 heterocycles. The summed E-state index contributed by atoms with van der Waals surface area (Å²) in [6.45, 7) is 11.5. The molecule has 37 heavy (non-hydrogen) atoms. The number of unbranched alkanes of at least 4 members (excludes halogenated alkanes) is 1. The molecule has 0 saturated heterocycles. The first-order valence-corrected chi connectivity index (χ1v) is 13.2. The highest BCUT2D eigenvalue weighted by molar-refractivity contribution is 5.94. The Morgan fingerprint density at radius 3 is 2.11 bits per heavy atom. The highest BCUT2D eigenvalue weighted by Crippen LogP contribution is 2.12. The zero-order valence-corrected chi connectivity index (χ0v) is 22.5. The Balaban J connectivity index is 1.83. The summed E-state index contributed by atoms with van der Waals surface area (Å²) in [5.41, 5.74) is 6.95. The van der Waals surface area contributed by atoms with Crippen LogP contribution < -0.4 is 27.0 Å². The molecule has 0 spiro atoms. The highest BCUT2D eigenvalue weighted by atomic mass is 16.5. The normalized spacial score (nSPS) is 10.9. The predicted octanol–water partition coefficient (Wildman–Crippen LogP) is 2.88. The van der Waals surface area contributed by atoms with Crippen molar-refractivity contribution in [1.82, 2.24) is 20.3 Å². The minimum atomic E-state index is -0.139. The molecule has 11 nitrogen and oxygen atoms in total. The molecule has 0 unspecified atom stereocenters. The fourth-order valence-electron chi connectivity index (χ4n) is 3.16. The van der Waals surface area contributed by atoms with Gasteiger partial charge in [-0.15, -0.1) is 0 Å². The zero-order valence-electron chi connectivity index (χ0n) is 22.5. The molecule has 0 aliphatic rings. The number of aromatic nitrogens is 3. The number of benzene rings is 1. The van der Waals surface area contributed by atoms with Crippen LogP contribution in [-0.2, 0) is 16.0 Å². The van der Waals surface area contributed by atoms with Gasteiger partial charge in [-0.05, 0) is 36.5 Å². The predicted molar refractivity (Wildman–Crippen MR) is 148 cm³/mol. The van der Waals surface area contributed by atoms with E-state index in [0.29, 0.717) is 75.4 Å². The molecule has 1 aromatic carbocycles. The number of ether oxygens (including phenoxy) is 2. The second kappa shape index (κ2) is 18.3.